The average Bonchev–Trinajstić information content (AvgIpc) is 2.76. The molecule has 0 unspecified atom stereocenters. The fourth-order valence-corrected chi connectivity index (χ4v) is 3.96. The molecular formula is C24H25ClN2O5S. The van der Waals surface area contributed by atoms with Crippen molar-refractivity contribution in [3.05, 3.63) is 82.9 Å². The quantitative estimate of drug-likeness (QED) is 0.465. The third-order valence-electron chi connectivity index (χ3n) is 4.77. The first-order chi connectivity index (χ1) is 15.7. The molecule has 0 aliphatic carbocycles. The van der Waals surface area contributed by atoms with Crippen LogP contribution in [0.4, 0.5) is 5.69 Å². The van der Waals surface area contributed by atoms with E-state index in [1.807, 2.05) is 37.3 Å². The summed E-state index contributed by atoms with van der Waals surface area (Å²) >= 11 is 6.12. The van der Waals surface area contributed by atoms with Gasteiger partial charge in [0.1, 0.15) is 0 Å². The standard InChI is InChI=1S/C24H25ClN2O5S/c1-17-8-10-18(11-9-17)15-27(33(3,29)30)16-24(28)26-20-14-19(25)12-13-21(20)32-23-7-5-4-6-22(23)31-2/h4-14H,15-16H2,1-3H3,(H,26,28). The van der Waals surface area contributed by atoms with Crippen LogP contribution in [0.5, 0.6) is 17.2 Å². The first-order valence-corrected chi connectivity index (χ1v) is 12.3. The Balaban J connectivity index is 1.79. The number of halogens is 1. The van der Waals surface area contributed by atoms with Gasteiger partial charge in [0.15, 0.2) is 17.2 Å². The van der Waals surface area contributed by atoms with Crippen LogP contribution in [0.2, 0.25) is 5.02 Å². The van der Waals surface area contributed by atoms with Crippen molar-refractivity contribution in [2.45, 2.75) is 13.5 Å². The van der Waals surface area contributed by atoms with E-state index in [2.05, 4.69) is 5.32 Å². The number of hydrogen-bond donors (Lipinski definition) is 1. The Morgan fingerprint density at radius 3 is 2.30 bits per heavy atom. The maximum Gasteiger partial charge on any atom is 0.239 e. The molecule has 0 saturated carbocycles. The second-order valence-corrected chi connectivity index (χ2v) is 9.88. The maximum atomic E-state index is 12.8. The van der Waals surface area contributed by atoms with E-state index in [0.29, 0.717) is 28.0 Å². The zero-order chi connectivity index (χ0) is 24.0. The van der Waals surface area contributed by atoms with Crippen LogP contribution in [0.3, 0.4) is 0 Å². The maximum absolute atomic E-state index is 12.8. The predicted octanol–water partition coefficient (Wildman–Crippen LogP) is 4.85. The number of ether oxygens (including phenoxy) is 2. The second-order valence-electron chi connectivity index (χ2n) is 7.46. The van der Waals surface area contributed by atoms with Gasteiger partial charge in [-0.1, -0.05) is 53.6 Å². The Bertz CT molecular complexity index is 1230. The SMILES string of the molecule is COc1ccccc1Oc1ccc(Cl)cc1NC(=O)CN(Cc1ccc(C)cc1)S(C)(=O)=O. The molecular weight excluding hydrogens is 464 g/mol. The predicted molar refractivity (Wildman–Crippen MR) is 130 cm³/mol. The fraction of sp³-hybridized carbons (Fsp3) is 0.208. The van der Waals surface area contributed by atoms with Crippen molar-refractivity contribution in [2.24, 2.45) is 0 Å². The highest BCUT2D eigenvalue weighted by Gasteiger charge is 2.22. The fourth-order valence-electron chi connectivity index (χ4n) is 3.05. The summed E-state index contributed by atoms with van der Waals surface area (Å²) in [5, 5.41) is 3.10. The summed E-state index contributed by atoms with van der Waals surface area (Å²) in [4.78, 5) is 12.8. The molecule has 3 aromatic rings. The van der Waals surface area contributed by atoms with Crippen molar-refractivity contribution in [3.63, 3.8) is 0 Å². The van der Waals surface area contributed by atoms with Gasteiger partial charge in [0, 0.05) is 11.6 Å². The van der Waals surface area contributed by atoms with Crippen LogP contribution >= 0.6 is 11.6 Å². The summed E-state index contributed by atoms with van der Waals surface area (Å²) in [5.74, 6) is 0.780. The average molecular weight is 489 g/mol. The molecule has 0 heterocycles. The number of carbonyl (C=O) groups excluding carboxylic acids is 1. The molecule has 0 aliphatic heterocycles. The van der Waals surface area contributed by atoms with Gasteiger partial charge in [-0.05, 0) is 42.8 Å². The van der Waals surface area contributed by atoms with Gasteiger partial charge in [0.05, 0.1) is 25.6 Å². The molecule has 0 bridgehead atoms. The number of para-hydroxylation sites is 2. The van der Waals surface area contributed by atoms with Crippen molar-refractivity contribution >= 4 is 33.2 Å². The summed E-state index contributed by atoms with van der Waals surface area (Å²) in [6.45, 7) is 1.65. The summed E-state index contributed by atoms with van der Waals surface area (Å²) in [7, 11) is -2.11. The summed E-state index contributed by atoms with van der Waals surface area (Å²) in [6.07, 6.45) is 1.07. The Labute approximate surface area is 198 Å². The molecule has 1 amide bonds. The number of nitrogens with one attached hydrogen (secondary N) is 1. The lowest BCUT2D eigenvalue weighted by Crippen LogP contribution is -2.36. The molecule has 0 fully saturated rings. The van der Waals surface area contributed by atoms with E-state index >= 15 is 0 Å². The third kappa shape index (κ3) is 6.95. The minimum atomic E-state index is -3.64. The Morgan fingerprint density at radius 2 is 1.67 bits per heavy atom. The van der Waals surface area contributed by atoms with Gasteiger partial charge < -0.3 is 14.8 Å². The van der Waals surface area contributed by atoms with Crippen LogP contribution < -0.4 is 14.8 Å². The van der Waals surface area contributed by atoms with Crippen LogP contribution in [-0.2, 0) is 21.4 Å². The number of rotatable bonds is 9. The monoisotopic (exact) mass is 488 g/mol. The lowest BCUT2D eigenvalue weighted by atomic mass is 10.1. The lowest BCUT2D eigenvalue weighted by Gasteiger charge is -2.20. The number of amides is 1. The molecule has 3 aromatic carbocycles. The highest BCUT2D eigenvalue weighted by molar-refractivity contribution is 7.88. The van der Waals surface area contributed by atoms with Crippen molar-refractivity contribution < 1.29 is 22.7 Å². The molecule has 0 aromatic heterocycles. The number of methoxy groups -OCH3 is 1. The van der Waals surface area contributed by atoms with E-state index in [9.17, 15) is 13.2 Å². The van der Waals surface area contributed by atoms with E-state index in [1.165, 1.54) is 13.2 Å². The number of sulfonamides is 1. The van der Waals surface area contributed by atoms with Crippen molar-refractivity contribution in [1.29, 1.82) is 0 Å². The van der Waals surface area contributed by atoms with Crippen molar-refractivity contribution in [2.75, 3.05) is 25.2 Å². The van der Waals surface area contributed by atoms with Crippen LogP contribution in [0.25, 0.3) is 0 Å². The molecule has 9 heteroatoms. The number of hydrogen-bond acceptors (Lipinski definition) is 5. The Kier molecular flexibility index (Phi) is 7.97. The first-order valence-electron chi connectivity index (χ1n) is 10.1. The minimum Gasteiger partial charge on any atom is -0.493 e. The largest absolute Gasteiger partial charge is 0.493 e. The third-order valence-corrected chi connectivity index (χ3v) is 6.20. The molecule has 7 nitrogen and oxygen atoms in total. The number of benzene rings is 3. The van der Waals surface area contributed by atoms with Crippen LogP contribution in [0, 0.1) is 6.92 Å². The van der Waals surface area contributed by atoms with Crippen LogP contribution in [0.15, 0.2) is 66.7 Å². The minimum absolute atomic E-state index is 0.0760. The molecule has 0 aliphatic rings. The highest BCUT2D eigenvalue weighted by Crippen LogP contribution is 2.36. The van der Waals surface area contributed by atoms with Gasteiger partial charge >= 0.3 is 0 Å². The van der Waals surface area contributed by atoms with Gasteiger partial charge in [-0.25, -0.2) is 8.42 Å². The van der Waals surface area contributed by atoms with E-state index in [4.69, 9.17) is 21.1 Å². The molecule has 174 valence electrons. The van der Waals surface area contributed by atoms with Gasteiger partial charge in [-0.3, -0.25) is 4.79 Å². The lowest BCUT2D eigenvalue weighted by molar-refractivity contribution is -0.116. The zero-order valence-corrected chi connectivity index (χ0v) is 20.1. The second kappa shape index (κ2) is 10.7. The molecule has 0 radical (unpaired) electrons. The number of aryl methyl sites for hydroxylation is 1. The number of anilines is 1. The van der Waals surface area contributed by atoms with E-state index in [-0.39, 0.29) is 13.1 Å². The molecule has 33 heavy (non-hydrogen) atoms. The normalized spacial score (nSPS) is 11.3. The van der Waals surface area contributed by atoms with Crippen LogP contribution in [-0.4, -0.2) is 38.5 Å². The Hall–Kier alpha value is -3.07. The van der Waals surface area contributed by atoms with Gasteiger partial charge in [0.2, 0.25) is 15.9 Å². The van der Waals surface area contributed by atoms with Gasteiger partial charge in [-0.2, -0.15) is 4.31 Å². The molecule has 3 rings (SSSR count). The van der Waals surface area contributed by atoms with Crippen molar-refractivity contribution in [1.82, 2.24) is 4.31 Å². The summed E-state index contributed by atoms with van der Waals surface area (Å²) < 4.78 is 37.0. The van der Waals surface area contributed by atoms with E-state index < -0.39 is 15.9 Å². The van der Waals surface area contributed by atoms with Gasteiger partial charge in [-0.15, -0.1) is 0 Å². The molecule has 0 atom stereocenters. The summed E-state index contributed by atoms with van der Waals surface area (Å²) in [6, 6.07) is 19.3. The molecule has 1 N–H and O–H groups in total. The molecule has 0 saturated heterocycles. The van der Waals surface area contributed by atoms with E-state index in [1.54, 1.807) is 30.3 Å². The smallest absolute Gasteiger partial charge is 0.239 e. The van der Waals surface area contributed by atoms with Gasteiger partial charge in [0.25, 0.3) is 0 Å². The highest BCUT2D eigenvalue weighted by atomic mass is 35.5. The summed E-state index contributed by atoms with van der Waals surface area (Å²) in [5.41, 5.74) is 2.15. The van der Waals surface area contributed by atoms with E-state index in [0.717, 1.165) is 21.7 Å². The number of carbonyl (C=O) groups is 1. The first kappa shape index (κ1) is 24.6. The molecule has 0 spiro atoms. The Morgan fingerprint density at radius 1 is 1.00 bits per heavy atom. The zero-order valence-electron chi connectivity index (χ0n) is 18.5. The number of nitrogens with zero attached hydrogens (tertiary/aromatic N) is 1. The van der Waals surface area contributed by atoms with Crippen LogP contribution in [0.1, 0.15) is 11.1 Å². The topological polar surface area (TPSA) is 84.9 Å². The van der Waals surface area contributed by atoms with Crippen molar-refractivity contribution in [3.8, 4) is 17.2 Å².